The Morgan fingerprint density at radius 1 is 1.55 bits per heavy atom. The second-order valence-electron chi connectivity index (χ2n) is 3.88. The molecule has 1 atom stereocenters. The van der Waals surface area contributed by atoms with Crippen molar-refractivity contribution in [1.82, 2.24) is 4.90 Å². The monoisotopic (exact) mass is 156 g/mol. The quantitative estimate of drug-likeness (QED) is 0.658. The lowest BCUT2D eigenvalue weighted by Gasteiger charge is -2.16. The van der Waals surface area contributed by atoms with Gasteiger partial charge < -0.3 is 10.6 Å². The van der Waals surface area contributed by atoms with Gasteiger partial charge in [-0.25, -0.2) is 0 Å². The van der Waals surface area contributed by atoms with Crippen LogP contribution in [-0.2, 0) is 0 Å². The predicted octanol–water partition coefficient (Wildman–Crippen LogP) is 0.923. The molecule has 0 saturated carbocycles. The van der Waals surface area contributed by atoms with E-state index in [1.54, 1.807) is 0 Å². The Labute approximate surface area is 69.8 Å². The van der Waals surface area contributed by atoms with Crippen molar-refractivity contribution in [2.24, 2.45) is 17.6 Å². The summed E-state index contributed by atoms with van der Waals surface area (Å²) in [6.07, 6.45) is 1.37. The van der Waals surface area contributed by atoms with Gasteiger partial charge in [-0.15, -0.1) is 0 Å². The Hall–Kier alpha value is -0.0800. The van der Waals surface area contributed by atoms with Crippen LogP contribution in [0.1, 0.15) is 20.3 Å². The largest absolute Gasteiger partial charge is 0.329 e. The van der Waals surface area contributed by atoms with Gasteiger partial charge in [-0.3, -0.25) is 0 Å². The van der Waals surface area contributed by atoms with E-state index in [1.807, 2.05) is 0 Å². The third kappa shape index (κ3) is 2.46. The molecule has 2 heteroatoms. The fraction of sp³-hybridized carbons (Fsp3) is 1.00. The fourth-order valence-electron chi connectivity index (χ4n) is 1.79. The summed E-state index contributed by atoms with van der Waals surface area (Å²) < 4.78 is 0. The zero-order valence-electron chi connectivity index (χ0n) is 7.71. The molecule has 1 aliphatic rings. The Bertz CT molecular complexity index is 112. The molecule has 0 spiro atoms. The number of hydrogen-bond donors (Lipinski definition) is 1. The van der Waals surface area contributed by atoms with Crippen LogP contribution in [0.15, 0.2) is 0 Å². The lowest BCUT2D eigenvalue weighted by atomic mass is 9.95. The first kappa shape index (κ1) is 9.01. The van der Waals surface area contributed by atoms with Crippen molar-refractivity contribution >= 4 is 0 Å². The van der Waals surface area contributed by atoms with E-state index in [9.17, 15) is 0 Å². The number of likely N-dealkylation sites (tertiary alicyclic amines) is 1. The molecule has 0 radical (unpaired) electrons. The molecule has 0 aromatic rings. The van der Waals surface area contributed by atoms with Gasteiger partial charge in [0.05, 0.1) is 0 Å². The van der Waals surface area contributed by atoms with E-state index in [0.717, 1.165) is 24.9 Å². The Morgan fingerprint density at radius 2 is 2.27 bits per heavy atom. The first-order valence-corrected chi connectivity index (χ1v) is 4.66. The van der Waals surface area contributed by atoms with Gasteiger partial charge in [0.1, 0.15) is 0 Å². The Balaban J connectivity index is 2.23. The van der Waals surface area contributed by atoms with Gasteiger partial charge in [-0.1, -0.05) is 13.8 Å². The number of nitrogens with zero attached hydrogens (tertiary/aromatic N) is 1. The van der Waals surface area contributed by atoms with Crippen LogP contribution >= 0.6 is 0 Å². The summed E-state index contributed by atoms with van der Waals surface area (Å²) in [5, 5.41) is 0. The van der Waals surface area contributed by atoms with Crippen molar-refractivity contribution in [1.29, 1.82) is 0 Å². The summed E-state index contributed by atoms with van der Waals surface area (Å²) in [6.45, 7) is 9.07. The van der Waals surface area contributed by atoms with E-state index in [-0.39, 0.29) is 0 Å². The first-order valence-electron chi connectivity index (χ1n) is 4.66. The molecule has 1 heterocycles. The molecule has 1 rings (SSSR count). The van der Waals surface area contributed by atoms with Crippen LogP contribution in [0, 0.1) is 11.8 Å². The third-order valence-electron chi connectivity index (χ3n) is 2.70. The highest BCUT2D eigenvalue weighted by atomic mass is 15.1. The van der Waals surface area contributed by atoms with Crippen LogP contribution in [0.25, 0.3) is 0 Å². The van der Waals surface area contributed by atoms with E-state index in [1.165, 1.54) is 19.5 Å². The molecular weight excluding hydrogens is 136 g/mol. The topological polar surface area (TPSA) is 29.3 Å². The van der Waals surface area contributed by atoms with Crippen molar-refractivity contribution in [2.45, 2.75) is 20.3 Å². The smallest absolute Gasteiger partial charge is 0.0105 e. The molecular formula is C9H20N2. The fourth-order valence-corrected chi connectivity index (χ4v) is 1.79. The van der Waals surface area contributed by atoms with E-state index >= 15 is 0 Å². The van der Waals surface area contributed by atoms with Crippen molar-refractivity contribution in [3.63, 3.8) is 0 Å². The SMILES string of the molecule is CC(C)[C@@H]1CCN(CCN)C1. The average molecular weight is 156 g/mol. The molecule has 0 bridgehead atoms. The van der Waals surface area contributed by atoms with Crippen LogP contribution in [0.2, 0.25) is 0 Å². The van der Waals surface area contributed by atoms with Crippen LogP contribution < -0.4 is 5.73 Å². The molecule has 1 saturated heterocycles. The maximum absolute atomic E-state index is 5.49. The number of hydrogen-bond acceptors (Lipinski definition) is 2. The molecule has 1 fully saturated rings. The molecule has 66 valence electrons. The molecule has 11 heavy (non-hydrogen) atoms. The minimum Gasteiger partial charge on any atom is -0.329 e. The van der Waals surface area contributed by atoms with E-state index in [4.69, 9.17) is 5.73 Å². The normalized spacial score (nSPS) is 26.7. The van der Waals surface area contributed by atoms with E-state index < -0.39 is 0 Å². The zero-order chi connectivity index (χ0) is 8.27. The van der Waals surface area contributed by atoms with Gasteiger partial charge in [0.2, 0.25) is 0 Å². The third-order valence-corrected chi connectivity index (χ3v) is 2.70. The Kier molecular flexibility index (Phi) is 3.34. The molecule has 1 aliphatic heterocycles. The summed E-state index contributed by atoms with van der Waals surface area (Å²) in [5.41, 5.74) is 5.49. The molecule has 0 aromatic carbocycles. The molecule has 2 N–H and O–H groups in total. The maximum atomic E-state index is 5.49. The van der Waals surface area contributed by atoms with Gasteiger partial charge in [0, 0.05) is 19.6 Å². The van der Waals surface area contributed by atoms with E-state index in [0.29, 0.717) is 0 Å². The lowest BCUT2D eigenvalue weighted by molar-refractivity contribution is 0.310. The van der Waals surface area contributed by atoms with Gasteiger partial charge >= 0.3 is 0 Å². The molecule has 2 nitrogen and oxygen atoms in total. The van der Waals surface area contributed by atoms with Crippen molar-refractivity contribution < 1.29 is 0 Å². The van der Waals surface area contributed by atoms with Gasteiger partial charge in [-0.2, -0.15) is 0 Å². The van der Waals surface area contributed by atoms with Crippen molar-refractivity contribution in [2.75, 3.05) is 26.2 Å². The van der Waals surface area contributed by atoms with Crippen LogP contribution in [0.5, 0.6) is 0 Å². The predicted molar refractivity (Wildman–Crippen MR) is 48.4 cm³/mol. The van der Waals surface area contributed by atoms with Crippen LogP contribution in [0.4, 0.5) is 0 Å². The molecule has 0 aliphatic carbocycles. The van der Waals surface area contributed by atoms with Gasteiger partial charge in [-0.05, 0) is 24.8 Å². The van der Waals surface area contributed by atoms with E-state index in [2.05, 4.69) is 18.7 Å². The number of nitrogens with two attached hydrogens (primary N) is 1. The second kappa shape index (κ2) is 4.07. The molecule has 0 amide bonds. The highest BCUT2D eigenvalue weighted by Gasteiger charge is 2.23. The summed E-state index contributed by atoms with van der Waals surface area (Å²) >= 11 is 0. The first-order chi connectivity index (χ1) is 5.24. The minimum atomic E-state index is 0.810. The lowest BCUT2D eigenvalue weighted by Crippen LogP contribution is -2.27. The summed E-state index contributed by atoms with van der Waals surface area (Å²) in [5.74, 6) is 1.76. The summed E-state index contributed by atoms with van der Waals surface area (Å²) in [7, 11) is 0. The van der Waals surface area contributed by atoms with Gasteiger partial charge in [0.25, 0.3) is 0 Å². The highest BCUT2D eigenvalue weighted by Crippen LogP contribution is 2.22. The highest BCUT2D eigenvalue weighted by molar-refractivity contribution is 4.77. The second-order valence-corrected chi connectivity index (χ2v) is 3.88. The van der Waals surface area contributed by atoms with Crippen LogP contribution in [-0.4, -0.2) is 31.1 Å². The van der Waals surface area contributed by atoms with Crippen molar-refractivity contribution in [3.05, 3.63) is 0 Å². The standard InChI is InChI=1S/C9H20N2/c1-8(2)9-3-5-11(7-9)6-4-10/h8-9H,3-7,10H2,1-2H3/t9-/m1/s1. The van der Waals surface area contributed by atoms with Crippen LogP contribution in [0.3, 0.4) is 0 Å². The summed E-state index contributed by atoms with van der Waals surface area (Å²) in [4.78, 5) is 2.48. The molecule has 0 aromatic heterocycles. The Morgan fingerprint density at radius 3 is 2.73 bits per heavy atom. The average Bonchev–Trinajstić information content (AvgIpc) is 2.37. The maximum Gasteiger partial charge on any atom is 0.0105 e. The molecule has 0 unspecified atom stereocenters. The number of rotatable bonds is 3. The van der Waals surface area contributed by atoms with Gasteiger partial charge in [0.15, 0.2) is 0 Å². The minimum absolute atomic E-state index is 0.810. The summed E-state index contributed by atoms with van der Waals surface area (Å²) in [6, 6.07) is 0. The zero-order valence-corrected chi connectivity index (χ0v) is 7.71. The van der Waals surface area contributed by atoms with Crippen molar-refractivity contribution in [3.8, 4) is 0 Å².